The third-order valence-corrected chi connectivity index (χ3v) is 6.94. The predicted molar refractivity (Wildman–Crippen MR) is 130 cm³/mol. The summed E-state index contributed by atoms with van der Waals surface area (Å²) >= 11 is 0. The molecule has 2 saturated heterocycles. The maximum Gasteiger partial charge on any atom is 0.255 e. The number of ether oxygens (including phenoxy) is 1. The van der Waals surface area contributed by atoms with Gasteiger partial charge in [0.1, 0.15) is 24.1 Å². The van der Waals surface area contributed by atoms with Crippen molar-refractivity contribution >= 4 is 16.7 Å². The van der Waals surface area contributed by atoms with Crippen molar-refractivity contribution in [3.63, 3.8) is 0 Å². The molecule has 1 amide bonds. The topological polar surface area (TPSA) is 118 Å². The van der Waals surface area contributed by atoms with E-state index in [0.717, 1.165) is 10.8 Å². The summed E-state index contributed by atoms with van der Waals surface area (Å²) in [5.74, 6) is -0.741. The van der Waals surface area contributed by atoms with Gasteiger partial charge < -0.3 is 25.0 Å². The third kappa shape index (κ3) is 4.60. The third-order valence-electron chi connectivity index (χ3n) is 6.94. The number of aliphatic hydroxyl groups excluding tert-OH is 3. The van der Waals surface area contributed by atoms with Crippen LogP contribution in [0.4, 0.5) is 4.39 Å². The fraction of sp³-hybridized carbons (Fsp3) is 0.346. The van der Waals surface area contributed by atoms with Crippen LogP contribution < -0.4 is 11.0 Å². The highest BCUT2D eigenvalue weighted by Gasteiger charge is 2.50. The van der Waals surface area contributed by atoms with Crippen LogP contribution in [-0.4, -0.2) is 81.9 Å². The molecule has 2 aliphatic heterocycles. The van der Waals surface area contributed by atoms with Crippen molar-refractivity contribution in [2.75, 3.05) is 20.2 Å². The monoisotopic (exact) mass is 496 g/mol. The quantitative estimate of drug-likeness (QED) is 0.354. The maximum absolute atomic E-state index is 13.7. The van der Waals surface area contributed by atoms with Gasteiger partial charge in [0.05, 0.1) is 18.7 Å². The van der Waals surface area contributed by atoms with Crippen molar-refractivity contribution in [2.45, 2.75) is 36.6 Å². The minimum Gasteiger partial charge on any atom is -0.394 e. The number of rotatable bonds is 5. The van der Waals surface area contributed by atoms with Gasteiger partial charge in [-0.15, -0.1) is 0 Å². The molecule has 1 unspecified atom stereocenters. The molecule has 6 atom stereocenters. The van der Waals surface area contributed by atoms with Crippen LogP contribution in [0.15, 0.2) is 66.7 Å². The van der Waals surface area contributed by atoms with E-state index in [2.05, 4.69) is 11.0 Å². The highest BCUT2D eigenvalue weighted by molar-refractivity contribution is 5.98. The molecule has 5 rings (SSSR count). The van der Waals surface area contributed by atoms with E-state index in [1.54, 1.807) is 29.3 Å². The Kier molecular flexibility index (Phi) is 7.00. The first kappa shape index (κ1) is 24.7. The molecule has 0 saturated carbocycles. The molecule has 0 aliphatic carbocycles. The standard InChI is InChI=1S/C26H29FN4O5/c1-30(25(35)18-10-9-15-5-2-3-6-16(15)11-18)26-24(34)22(23(33)21(14-32)36-26)31-13-20(28-29-31)17-7-4-8-19(27)12-17/h2-12,20-24,26,28-29,32-34H,13-14H2,1H3/t20?,21-,22+,23+,24-,26-/m1/s1. The number of benzene rings is 3. The van der Waals surface area contributed by atoms with E-state index < -0.39 is 37.2 Å². The Bertz CT molecular complexity index is 1250. The molecule has 2 fully saturated rings. The van der Waals surface area contributed by atoms with Gasteiger partial charge in [0.2, 0.25) is 0 Å². The van der Waals surface area contributed by atoms with Crippen molar-refractivity contribution in [1.29, 1.82) is 0 Å². The first-order chi connectivity index (χ1) is 17.4. The number of carbonyl (C=O) groups excluding carboxylic acids is 1. The number of nitrogens with zero attached hydrogens (tertiary/aromatic N) is 2. The van der Waals surface area contributed by atoms with Crippen molar-refractivity contribution in [1.82, 2.24) is 20.9 Å². The molecule has 10 heteroatoms. The molecule has 3 aromatic carbocycles. The lowest BCUT2D eigenvalue weighted by atomic mass is 9.93. The highest BCUT2D eigenvalue weighted by Crippen LogP contribution is 2.30. The van der Waals surface area contributed by atoms with Crippen LogP contribution in [0.25, 0.3) is 10.8 Å². The van der Waals surface area contributed by atoms with Crippen LogP contribution in [0.3, 0.4) is 0 Å². The molecule has 2 heterocycles. The molecule has 0 radical (unpaired) electrons. The maximum atomic E-state index is 13.7. The second-order valence-corrected chi connectivity index (χ2v) is 9.21. The SMILES string of the molecule is CN(C(=O)c1ccc2ccccc2c1)[C@@H]1O[C@H](CO)[C@H](O)[C@H](N2CC(c3cccc(F)c3)NN2)[C@H]1O. The average molecular weight is 497 g/mol. The van der Waals surface area contributed by atoms with Gasteiger partial charge in [0, 0.05) is 19.2 Å². The largest absolute Gasteiger partial charge is 0.394 e. The Morgan fingerprint density at radius 1 is 1.08 bits per heavy atom. The van der Waals surface area contributed by atoms with Gasteiger partial charge in [-0.2, -0.15) is 5.53 Å². The lowest BCUT2D eigenvalue weighted by molar-refractivity contribution is -0.244. The summed E-state index contributed by atoms with van der Waals surface area (Å²) in [5, 5.41) is 35.6. The molecule has 36 heavy (non-hydrogen) atoms. The van der Waals surface area contributed by atoms with Gasteiger partial charge in [-0.05, 0) is 40.6 Å². The predicted octanol–water partition coefficient (Wildman–Crippen LogP) is 0.925. The summed E-state index contributed by atoms with van der Waals surface area (Å²) in [6, 6.07) is 17.9. The van der Waals surface area contributed by atoms with Crippen LogP contribution in [0.1, 0.15) is 22.0 Å². The molecular weight excluding hydrogens is 467 g/mol. The van der Waals surface area contributed by atoms with Gasteiger partial charge in [-0.25, -0.2) is 14.8 Å². The van der Waals surface area contributed by atoms with E-state index in [1.165, 1.54) is 24.1 Å². The van der Waals surface area contributed by atoms with Gasteiger partial charge >= 0.3 is 0 Å². The van der Waals surface area contributed by atoms with Crippen molar-refractivity contribution in [3.05, 3.63) is 83.7 Å². The van der Waals surface area contributed by atoms with Gasteiger partial charge in [-0.1, -0.05) is 42.5 Å². The van der Waals surface area contributed by atoms with E-state index >= 15 is 0 Å². The lowest BCUT2D eigenvalue weighted by Crippen LogP contribution is -2.69. The van der Waals surface area contributed by atoms with Crippen LogP contribution in [-0.2, 0) is 4.74 Å². The van der Waals surface area contributed by atoms with Gasteiger partial charge in [0.15, 0.2) is 6.23 Å². The van der Waals surface area contributed by atoms with E-state index in [-0.39, 0.29) is 24.3 Å². The van der Waals surface area contributed by atoms with Crippen LogP contribution in [0, 0.1) is 5.82 Å². The molecule has 0 spiro atoms. The Balaban J connectivity index is 1.37. The zero-order valence-electron chi connectivity index (χ0n) is 19.7. The minimum absolute atomic E-state index is 0.287. The highest BCUT2D eigenvalue weighted by atomic mass is 19.1. The normalized spacial score (nSPS) is 28.9. The number of amides is 1. The minimum atomic E-state index is -1.32. The first-order valence-electron chi connectivity index (χ1n) is 11.8. The molecule has 2 aliphatic rings. The summed E-state index contributed by atoms with van der Waals surface area (Å²) in [4.78, 5) is 14.6. The summed E-state index contributed by atoms with van der Waals surface area (Å²) in [6.45, 7) is -0.219. The van der Waals surface area contributed by atoms with E-state index in [0.29, 0.717) is 11.1 Å². The number of carbonyl (C=O) groups is 1. The van der Waals surface area contributed by atoms with E-state index in [4.69, 9.17) is 4.74 Å². The number of hydrogen-bond donors (Lipinski definition) is 5. The fourth-order valence-electron chi connectivity index (χ4n) is 4.97. The van der Waals surface area contributed by atoms with Gasteiger partial charge in [0.25, 0.3) is 5.91 Å². The second kappa shape index (κ2) is 10.2. The average Bonchev–Trinajstić information content (AvgIpc) is 3.38. The molecule has 5 N–H and O–H groups in total. The lowest BCUT2D eigenvalue weighted by Gasteiger charge is -2.47. The summed E-state index contributed by atoms with van der Waals surface area (Å²) < 4.78 is 19.5. The molecule has 190 valence electrons. The van der Waals surface area contributed by atoms with Crippen molar-refractivity contribution < 1.29 is 29.2 Å². The zero-order valence-corrected chi connectivity index (χ0v) is 19.7. The van der Waals surface area contributed by atoms with Gasteiger partial charge in [-0.3, -0.25) is 4.79 Å². The zero-order chi connectivity index (χ0) is 25.4. The molecule has 0 bridgehead atoms. The summed E-state index contributed by atoms with van der Waals surface area (Å²) in [6.07, 6.45) is -4.75. The summed E-state index contributed by atoms with van der Waals surface area (Å²) in [7, 11) is 1.51. The first-order valence-corrected chi connectivity index (χ1v) is 11.8. The van der Waals surface area contributed by atoms with E-state index in [9.17, 15) is 24.5 Å². The number of hydrazine groups is 2. The van der Waals surface area contributed by atoms with Crippen LogP contribution in [0.5, 0.6) is 0 Å². The van der Waals surface area contributed by atoms with Crippen molar-refractivity contribution in [3.8, 4) is 0 Å². The van der Waals surface area contributed by atoms with Crippen LogP contribution in [0.2, 0.25) is 0 Å². The Labute approximate surface area is 207 Å². The number of halogens is 1. The smallest absolute Gasteiger partial charge is 0.255 e. The Morgan fingerprint density at radius 2 is 1.86 bits per heavy atom. The molecule has 9 nitrogen and oxygen atoms in total. The number of aliphatic hydroxyl groups is 3. The summed E-state index contributed by atoms with van der Waals surface area (Å²) in [5.41, 5.74) is 7.09. The number of nitrogens with one attached hydrogen (secondary N) is 2. The molecule has 0 aromatic heterocycles. The molecule has 3 aromatic rings. The fourth-order valence-corrected chi connectivity index (χ4v) is 4.97. The van der Waals surface area contributed by atoms with Crippen molar-refractivity contribution in [2.24, 2.45) is 0 Å². The number of hydrogen-bond acceptors (Lipinski definition) is 8. The number of likely N-dealkylation sites (N-methyl/N-ethyl adjacent to an activating group) is 1. The number of fused-ring (bicyclic) bond motifs is 1. The van der Waals surface area contributed by atoms with Crippen LogP contribution >= 0.6 is 0 Å². The Morgan fingerprint density at radius 3 is 2.61 bits per heavy atom. The second-order valence-electron chi connectivity index (χ2n) is 9.21. The molecular formula is C26H29FN4O5. The Hall–Kier alpha value is -2.96. The van der Waals surface area contributed by atoms with E-state index in [1.807, 2.05) is 30.3 Å².